The lowest BCUT2D eigenvalue weighted by atomic mass is 9.98. The molecule has 3 rings (SSSR count). The van der Waals surface area contributed by atoms with Crippen molar-refractivity contribution in [1.29, 1.82) is 0 Å². The summed E-state index contributed by atoms with van der Waals surface area (Å²) in [7, 11) is 1.55. The molecule has 1 atom stereocenters. The molecule has 2 heterocycles. The van der Waals surface area contributed by atoms with Crippen LogP contribution in [0.25, 0.3) is 0 Å². The number of benzene rings is 1. The molecule has 5 nitrogen and oxygen atoms in total. The van der Waals surface area contributed by atoms with Crippen LogP contribution in [0.4, 0.5) is 5.13 Å². The van der Waals surface area contributed by atoms with Crippen molar-refractivity contribution in [1.82, 2.24) is 10.3 Å². The number of nitrogens with one attached hydrogen (secondary N) is 1. The Balaban J connectivity index is 1.59. The average Bonchev–Trinajstić information content (AvgIpc) is 3.14. The van der Waals surface area contributed by atoms with Gasteiger partial charge in [0.1, 0.15) is 5.75 Å². The van der Waals surface area contributed by atoms with Crippen LogP contribution in [0.5, 0.6) is 5.75 Å². The topological polar surface area (TPSA) is 54.5 Å². The van der Waals surface area contributed by atoms with E-state index >= 15 is 0 Å². The molecular formula is C17H20ClN3O2S. The number of aromatic nitrogens is 1. The first-order valence-electron chi connectivity index (χ1n) is 7.93. The summed E-state index contributed by atoms with van der Waals surface area (Å²) < 4.78 is 5.24. The van der Waals surface area contributed by atoms with Crippen molar-refractivity contribution in [2.45, 2.75) is 12.8 Å². The maximum Gasteiger partial charge on any atom is 0.255 e. The summed E-state index contributed by atoms with van der Waals surface area (Å²) in [4.78, 5) is 19.1. The van der Waals surface area contributed by atoms with Crippen LogP contribution in [0.2, 0.25) is 5.02 Å². The number of hydrogen-bond donors (Lipinski definition) is 1. The Hall–Kier alpha value is -1.79. The Labute approximate surface area is 150 Å². The van der Waals surface area contributed by atoms with Gasteiger partial charge in [-0.15, -0.1) is 11.3 Å². The molecule has 0 bridgehead atoms. The second-order valence-electron chi connectivity index (χ2n) is 5.82. The van der Waals surface area contributed by atoms with E-state index in [0.29, 0.717) is 28.8 Å². The van der Waals surface area contributed by atoms with Crippen LogP contribution >= 0.6 is 22.9 Å². The fourth-order valence-corrected chi connectivity index (χ4v) is 3.82. The molecule has 7 heteroatoms. The number of halogens is 1. The second kappa shape index (κ2) is 7.85. The highest BCUT2D eigenvalue weighted by molar-refractivity contribution is 7.13. The Bertz CT molecular complexity index is 693. The molecule has 0 spiro atoms. The third-order valence-electron chi connectivity index (χ3n) is 4.17. The molecule has 0 saturated carbocycles. The van der Waals surface area contributed by atoms with Crippen LogP contribution in [0.1, 0.15) is 23.2 Å². The first kappa shape index (κ1) is 17.0. The van der Waals surface area contributed by atoms with Crippen molar-refractivity contribution in [2.24, 2.45) is 5.92 Å². The lowest BCUT2D eigenvalue weighted by molar-refractivity contribution is 0.0942. The number of carbonyl (C=O) groups excluding carboxylic acids is 1. The maximum absolute atomic E-state index is 12.5. The maximum atomic E-state index is 12.5. The number of hydrogen-bond acceptors (Lipinski definition) is 5. The van der Waals surface area contributed by atoms with Gasteiger partial charge < -0.3 is 15.0 Å². The minimum atomic E-state index is -0.152. The molecule has 1 aromatic carbocycles. The van der Waals surface area contributed by atoms with E-state index in [4.69, 9.17) is 16.3 Å². The lowest BCUT2D eigenvalue weighted by Gasteiger charge is -2.32. The standard InChI is InChI=1S/C17H20ClN3O2S/c1-23-15-5-4-13(18)9-14(15)16(22)20-10-12-3-2-7-21(11-12)17-19-6-8-24-17/h4-6,8-9,12H,2-3,7,10-11H2,1H3,(H,20,22). The molecule has 1 aromatic heterocycles. The molecule has 1 aliphatic heterocycles. The summed E-state index contributed by atoms with van der Waals surface area (Å²) in [5, 5.41) is 6.59. The van der Waals surface area contributed by atoms with E-state index in [-0.39, 0.29) is 5.91 Å². The van der Waals surface area contributed by atoms with E-state index in [1.165, 1.54) is 0 Å². The number of piperidine rings is 1. The van der Waals surface area contributed by atoms with Crippen LogP contribution in [0.15, 0.2) is 29.8 Å². The van der Waals surface area contributed by atoms with Crippen molar-refractivity contribution in [3.05, 3.63) is 40.4 Å². The molecule has 2 aromatic rings. The minimum absolute atomic E-state index is 0.152. The second-order valence-corrected chi connectivity index (χ2v) is 7.13. The van der Waals surface area contributed by atoms with Gasteiger partial charge in [0.05, 0.1) is 12.7 Å². The van der Waals surface area contributed by atoms with Crippen molar-refractivity contribution in [3.8, 4) is 5.75 Å². The number of nitrogens with zero attached hydrogens (tertiary/aromatic N) is 2. The number of carbonyl (C=O) groups is 1. The Morgan fingerprint density at radius 3 is 3.17 bits per heavy atom. The summed E-state index contributed by atoms with van der Waals surface area (Å²) in [5.74, 6) is 0.794. The molecular weight excluding hydrogens is 346 g/mol. The number of thiazole rings is 1. The number of ether oxygens (including phenoxy) is 1. The van der Waals surface area contributed by atoms with Crippen molar-refractivity contribution in [3.63, 3.8) is 0 Å². The number of anilines is 1. The third kappa shape index (κ3) is 3.99. The number of amides is 1. The smallest absolute Gasteiger partial charge is 0.255 e. The fourth-order valence-electron chi connectivity index (χ4n) is 2.97. The highest BCUT2D eigenvalue weighted by Gasteiger charge is 2.22. The van der Waals surface area contributed by atoms with Gasteiger partial charge >= 0.3 is 0 Å². The number of methoxy groups -OCH3 is 1. The van der Waals surface area contributed by atoms with Gasteiger partial charge in [-0.1, -0.05) is 11.6 Å². The summed E-state index contributed by atoms with van der Waals surface area (Å²) in [5.41, 5.74) is 0.470. The van der Waals surface area contributed by atoms with Crippen molar-refractivity contribution >= 4 is 34.0 Å². The predicted molar refractivity (Wildman–Crippen MR) is 97.4 cm³/mol. The molecule has 1 N–H and O–H groups in total. The lowest BCUT2D eigenvalue weighted by Crippen LogP contribution is -2.41. The molecule has 1 fully saturated rings. The molecule has 0 radical (unpaired) electrons. The van der Waals surface area contributed by atoms with Gasteiger partial charge in [0.15, 0.2) is 5.13 Å². The fraction of sp³-hybridized carbons (Fsp3) is 0.412. The molecule has 1 saturated heterocycles. The summed E-state index contributed by atoms with van der Waals surface area (Å²) in [6, 6.07) is 5.06. The Morgan fingerprint density at radius 2 is 2.42 bits per heavy atom. The van der Waals surface area contributed by atoms with E-state index in [2.05, 4.69) is 15.2 Å². The van der Waals surface area contributed by atoms with Crippen LogP contribution in [-0.2, 0) is 0 Å². The largest absolute Gasteiger partial charge is 0.496 e. The van der Waals surface area contributed by atoms with Gasteiger partial charge in [0, 0.05) is 36.2 Å². The van der Waals surface area contributed by atoms with Crippen LogP contribution in [-0.4, -0.2) is 37.6 Å². The van der Waals surface area contributed by atoms with E-state index in [1.54, 1.807) is 36.6 Å². The molecule has 128 valence electrons. The van der Waals surface area contributed by atoms with E-state index < -0.39 is 0 Å². The first-order chi connectivity index (χ1) is 11.7. The SMILES string of the molecule is COc1ccc(Cl)cc1C(=O)NCC1CCCN(c2nccs2)C1. The summed E-state index contributed by atoms with van der Waals surface area (Å²) >= 11 is 7.65. The minimum Gasteiger partial charge on any atom is -0.496 e. The molecule has 1 aliphatic rings. The van der Waals surface area contributed by atoms with E-state index in [9.17, 15) is 4.79 Å². The van der Waals surface area contributed by atoms with Crippen LogP contribution < -0.4 is 15.0 Å². The third-order valence-corrected chi connectivity index (χ3v) is 5.23. The average molecular weight is 366 g/mol. The zero-order chi connectivity index (χ0) is 16.9. The van der Waals surface area contributed by atoms with Gasteiger partial charge in [0.25, 0.3) is 5.91 Å². The normalized spacial score (nSPS) is 17.6. The molecule has 1 unspecified atom stereocenters. The van der Waals surface area contributed by atoms with Gasteiger partial charge in [-0.2, -0.15) is 0 Å². The van der Waals surface area contributed by atoms with Crippen molar-refractivity contribution < 1.29 is 9.53 Å². The first-order valence-corrected chi connectivity index (χ1v) is 9.19. The predicted octanol–water partition coefficient (Wildman–Crippen LogP) is 3.45. The van der Waals surface area contributed by atoms with E-state index in [1.807, 2.05) is 11.6 Å². The summed E-state index contributed by atoms with van der Waals surface area (Å²) in [6.07, 6.45) is 4.05. The number of rotatable bonds is 5. The Morgan fingerprint density at radius 1 is 1.54 bits per heavy atom. The zero-order valence-corrected chi connectivity index (χ0v) is 15.1. The van der Waals surface area contributed by atoms with Gasteiger partial charge in [0.2, 0.25) is 0 Å². The quantitative estimate of drug-likeness (QED) is 0.881. The van der Waals surface area contributed by atoms with Crippen LogP contribution in [0, 0.1) is 5.92 Å². The zero-order valence-electron chi connectivity index (χ0n) is 13.5. The van der Waals surface area contributed by atoms with Gasteiger partial charge in [-0.05, 0) is 37.0 Å². The molecule has 24 heavy (non-hydrogen) atoms. The summed E-state index contributed by atoms with van der Waals surface area (Å²) in [6.45, 7) is 2.58. The molecule has 1 amide bonds. The van der Waals surface area contributed by atoms with E-state index in [0.717, 1.165) is 31.1 Å². The molecule has 0 aliphatic carbocycles. The highest BCUT2D eigenvalue weighted by atomic mass is 35.5. The monoisotopic (exact) mass is 365 g/mol. The van der Waals surface area contributed by atoms with Crippen molar-refractivity contribution in [2.75, 3.05) is 31.6 Å². The Kier molecular flexibility index (Phi) is 5.58. The van der Waals surface area contributed by atoms with Crippen LogP contribution in [0.3, 0.4) is 0 Å². The van der Waals surface area contributed by atoms with Gasteiger partial charge in [-0.25, -0.2) is 4.98 Å². The van der Waals surface area contributed by atoms with Gasteiger partial charge in [-0.3, -0.25) is 4.79 Å². The highest BCUT2D eigenvalue weighted by Crippen LogP contribution is 2.25.